The average Bonchev–Trinajstić information content (AvgIpc) is 2.95. The summed E-state index contributed by atoms with van der Waals surface area (Å²) in [5.41, 5.74) is 2.18. The fraction of sp³-hybridized carbons (Fsp3) is 0.357. The van der Waals surface area contributed by atoms with Gasteiger partial charge < -0.3 is 4.90 Å². The zero-order chi connectivity index (χ0) is 13.9. The Morgan fingerprint density at radius 2 is 2.15 bits per heavy atom. The zero-order valence-electron chi connectivity index (χ0n) is 11.2. The lowest BCUT2D eigenvalue weighted by Gasteiger charge is -2.31. The average molecular weight is 288 g/mol. The summed E-state index contributed by atoms with van der Waals surface area (Å²) in [6.45, 7) is 2.83. The number of aromatic nitrogens is 3. The molecule has 2 heterocycles. The topological polar surface area (TPSA) is 61.9 Å². The number of nitrogens with one attached hydrogen (secondary N) is 1. The van der Waals surface area contributed by atoms with Gasteiger partial charge in [0.1, 0.15) is 6.33 Å². The normalized spacial score (nSPS) is 19.4. The quantitative estimate of drug-likeness (QED) is 0.942. The highest BCUT2D eigenvalue weighted by molar-refractivity contribution is 8.00. The molecule has 0 aliphatic carbocycles. The number of piperidine rings is 1. The molecule has 0 spiro atoms. The first-order chi connectivity index (χ1) is 9.74. The molecule has 0 saturated carbocycles. The maximum Gasteiger partial charge on any atom is 0.240 e. The molecule has 20 heavy (non-hydrogen) atoms. The smallest absolute Gasteiger partial charge is 0.240 e. The van der Waals surface area contributed by atoms with Crippen molar-refractivity contribution in [3.63, 3.8) is 0 Å². The van der Waals surface area contributed by atoms with Gasteiger partial charge >= 0.3 is 0 Å². The van der Waals surface area contributed by atoms with Crippen LogP contribution in [0.4, 0.5) is 5.69 Å². The molecule has 1 saturated heterocycles. The third-order valence-corrected chi connectivity index (χ3v) is 4.52. The number of hydrogen-bond donors (Lipinski definition) is 1. The van der Waals surface area contributed by atoms with Gasteiger partial charge in [0.25, 0.3) is 0 Å². The third kappa shape index (κ3) is 2.70. The van der Waals surface area contributed by atoms with Gasteiger partial charge in [0.15, 0.2) is 5.16 Å². The van der Waals surface area contributed by atoms with Crippen molar-refractivity contribution in [1.29, 1.82) is 0 Å². The van der Waals surface area contributed by atoms with Gasteiger partial charge in [-0.3, -0.25) is 9.89 Å². The molecule has 3 rings (SSSR count). The molecular formula is C14H16N4OS. The van der Waals surface area contributed by atoms with Crippen molar-refractivity contribution in [2.45, 2.75) is 30.2 Å². The summed E-state index contributed by atoms with van der Waals surface area (Å²) in [6.07, 6.45) is 3.35. The van der Waals surface area contributed by atoms with Gasteiger partial charge in [-0.25, -0.2) is 4.98 Å². The van der Waals surface area contributed by atoms with Crippen molar-refractivity contribution >= 4 is 23.4 Å². The predicted octanol–water partition coefficient (Wildman–Crippen LogP) is 2.40. The Labute approximate surface area is 121 Å². The van der Waals surface area contributed by atoms with Crippen LogP contribution < -0.4 is 4.90 Å². The number of aryl methyl sites for hydroxylation is 1. The lowest BCUT2D eigenvalue weighted by Crippen LogP contribution is -2.43. The number of carbonyl (C=O) groups excluding carboxylic acids is 1. The minimum absolute atomic E-state index is 0.0852. The number of nitrogens with zero attached hydrogens (tertiary/aromatic N) is 3. The highest BCUT2D eigenvalue weighted by atomic mass is 32.2. The molecule has 2 aromatic rings. The van der Waals surface area contributed by atoms with Crippen LogP contribution in [-0.2, 0) is 4.79 Å². The minimum Gasteiger partial charge on any atom is -0.311 e. The molecule has 1 aromatic carbocycles. The highest BCUT2D eigenvalue weighted by Crippen LogP contribution is 2.30. The Bertz CT molecular complexity index is 582. The number of anilines is 1. The maximum absolute atomic E-state index is 12.6. The number of carbonyl (C=O) groups is 1. The third-order valence-electron chi connectivity index (χ3n) is 3.38. The SMILES string of the molecule is Cc1ccc(N2CCC[C@H](Sc3ncn[nH]3)C2=O)cc1. The van der Waals surface area contributed by atoms with Crippen molar-refractivity contribution < 1.29 is 4.79 Å². The molecule has 1 N–H and O–H groups in total. The van der Waals surface area contributed by atoms with E-state index in [2.05, 4.69) is 15.2 Å². The number of amides is 1. The van der Waals surface area contributed by atoms with Crippen molar-refractivity contribution in [3.8, 4) is 0 Å². The molecule has 1 aromatic heterocycles. The number of rotatable bonds is 3. The Kier molecular flexibility index (Phi) is 3.73. The van der Waals surface area contributed by atoms with E-state index in [1.54, 1.807) is 0 Å². The summed E-state index contributed by atoms with van der Waals surface area (Å²) >= 11 is 1.46. The monoisotopic (exact) mass is 288 g/mol. The van der Waals surface area contributed by atoms with Crippen LogP contribution in [0.15, 0.2) is 35.7 Å². The molecule has 1 fully saturated rings. The molecule has 6 heteroatoms. The molecule has 0 bridgehead atoms. The van der Waals surface area contributed by atoms with E-state index in [-0.39, 0.29) is 11.2 Å². The Morgan fingerprint density at radius 1 is 1.35 bits per heavy atom. The Balaban J connectivity index is 1.76. The second-order valence-corrected chi connectivity index (χ2v) is 6.06. The number of thioether (sulfide) groups is 1. The molecule has 1 aliphatic heterocycles. The van der Waals surface area contributed by atoms with Gasteiger partial charge in [-0.1, -0.05) is 29.5 Å². The van der Waals surface area contributed by atoms with E-state index in [9.17, 15) is 4.79 Å². The van der Waals surface area contributed by atoms with Gasteiger partial charge in [0, 0.05) is 12.2 Å². The van der Waals surface area contributed by atoms with E-state index in [0.29, 0.717) is 5.16 Å². The largest absolute Gasteiger partial charge is 0.311 e. The Hall–Kier alpha value is -1.82. The van der Waals surface area contributed by atoms with Gasteiger partial charge in [-0.05, 0) is 31.9 Å². The van der Waals surface area contributed by atoms with Crippen LogP contribution in [0.3, 0.4) is 0 Å². The van der Waals surface area contributed by atoms with E-state index in [1.807, 2.05) is 36.1 Å². The number of benzene rings is 1. The molecule has 104 valence electrons. The van der Waals surface area contributed by atoms with Crippen LogP contribution in [0.25, 0.3) is 0 Å². The van der Waals surface area contributed by atoms with Crippen molar-refractivity contribution in [2.24, 2.45) is 0 Å². The first kappa shape index (κ1) is 13.2. The van der Waals surface area contributed by atoms with E-state index < -0.39 is 0 Å². The summed E-state index contributed by atoms with van der Waals surface area (Å²) in [6, 6.07) is 8.09. The molecular weight excluding hydrogens is 272 g/mol. The van der Waals surface area contributed by atoms with E-state index in [1.165, 1.54) is 23.7 Å². The minimum atomic E-state index is -0.0852. The van der Waals surface area contributed by atoms with Crippen LogP contribution >= 0.6 is 11.8 Å². The van der Waals surface area contributed by atoms with E-state index in [4.69, 9.17) is 0 Å². The second kappa shape index (κ2) is 5.66. The molecule has 0 radical (unpaired) electrons. The maximum atomic E-state index is 12.6. The Morgan fingerprint density at radius 3 is 2.85 bits per heavy atom. The summed E-state index contributed by atoms with van der Waals surface area (Å²) in [5.74, 6) is 0.154. The number of hydrogen-bond acceptors (Lipinski definition) is 4. The molecule has 0 unspecified atom stereocenters. The van der Waals surface area contributed by atoms with Crippen LogP contribution in [0.2, 0.25) is 0 Å². The highest BCUT2D eigenvalue weighted by Gasteiger charge is 2.31. The van der Waals surface area contributed by atoms with Gasteiger partial charge in [0.05, 0.1) is 5.25 Å². The van der Waals surface area contributed by atoms with Crippen LogP contribution in [0.5, 0.6) is 0 Å². The molecule has 1 atom stereocenters. The number of aromatic amines is 1. The molecule has 5 nitrogen and oxygen atoms in total. The summed E-state index contributed by atoms with van der Waals surface area (Å²) in [5, 5.41) is 7.23. The predicted molar refractivity (Wildman–Crippen MR) is 78.8 cm³/mol. The fourth-order valence-electron chi connectivity index (χ4n) is 2.32. The molecule has 1 aliphatic rings. The second-order valence-electron chi connectivity index (χ2n) is 4.86. The lowest BCUT2D eigenvalue weighted by atomic mass is 10.1. The van der Waals surface area contributed by atoms with Gasteiger partial charge in [-0.15, -0.1) is 0 Å². The molecule has 1 amide bonds. The summed E-state index contributed by atoms with van der Waals surface area (Å²) < 4.78 is 0. The van der Waals surface area contributed by atoms with Crippen LogP contribution in [0, 0.1) is 6.92 Å². The first-order valence-electron chi connectivity index (χ1n) is 6.64. The van der Waals surface area contributed by atoms with Crippen molar-refractivity contribution in [3.05, 3.63) is 36.2 Å². The van der Waals surface area contributed by atoms with Gasteiger partial charge in [-0.2, -0.15) is 5.10 Å². The lowest BCUT2D eigenvalue weighted by molar-refractivity contribution is -0.119. The number of H-pyrrole nitrogens is 1. The standard InChI is InChI=1S/C14H16N4OS/c1-10-4-6-11(7-5-10)18-8-2-3-12(13(18)19)20-14-15-9-16-17-14/h4-7,9,12H,2-3,8H2,1H3,(H,15,16,17)/t12-/m0/s1. The summed E-state index contributed by atoms with van der Waals surface area (Å²) in [4.78, 5) is 18.5. The summed E-state index contributed by atoms with van der Waals surface area (Å²) in [7, 11) is 0. The van der Waals surface area contributed by atoms with Crippen LogP contribution in [0.1, 0.15) is 18.4 Å². The van der Waals surface area contributed by atoms with Crippen molar-refractivity contribution in [1.82, 2.24) is 15.2 Å². The van der Waals surface area contributed by atoms with Gasteiger partial charge in [0.2, 0.25) is 5.91 Å². The zero-order valence-corrected chi connectivity index (χ0v) is 12.1. The van der Waals surface area contributed by atoms with Crippen LogP contribution in [-0.4, -0.2) is 32.9 Å². The van der Waals surface area contributed by atoms with E-state index in [0.717, 1.165) is 25.1 Å². The fourth-order valence-corrected chi connectivity index (χ4v) is 3.31. The van der Waals surface area contributed by atoms with E-state index >= 15 is 0 Å². The first-order valence-corrected chi connectivity index (χ1v) is 7.52. The van der Waals surface area contributed by atoms with Crippen molar-refractivity contribution in [2.75, 3.05) is 11.4 Å².